The van der Waals surface area contributed by atoms with Gasteiger partial charge in [-0.3, -0.25) is 4.98 Å². The van der Waals surface area contributed by atoms with Crippen LogP contribution in [0.1, 0.15) is 11.3 Å². The summed E-state index contributed by atoms with van der Waals surface area (Å²) in [5.41, 5.74) is 5.44. The molecule has 0 aliphatic carbocycles. The van der Waals surface area contributed by atoms with Gasteiger partial charge in [0.25, 0.3) is 0 Å². The SMILES string of the molecule is CS(=O)(=O)CCNCc1csc(-c2ccc3c(Nc4ccc(OCc5ccc(F)cc5)cc4)ccnc3c2)n1. The normalized spacial score (nSPS) is 11.5. The summed E-state index contributed by atoms with van der Waals surface area (Å²) in [6, 6.07) is 22.0. The molecule has 0 atom stereocenters. The Labute approximate surface area is 230 Å². The molecule has 5 rings (SSSR count). The van der Waals surface area contributed by atoms with E-state index in [2.05, 4.69) is 15.6 Å². The van der Waals surface area contributed by atoms with Crippen molar-refractivity contribution < 1.29 is 17.5 Å². The third-order valence-electron chi connectivity index (χ3n) is 5.95. The maximum atomic E-state index is 13.1. The van der Waals surface area contributed by atoms with Crippen molar-refractivity contribution in [3.05, 3.63) is 101 Å². The summed E-state index contributed by atoms with van der Waals surface area (Å²) in [6.07, 6.45) is 3.00. The highest BCUT2D eigenvalue weighted by Gasteiger charge is 2.09. The molecule has 0 fully saturated rings. The topological polar surface area (TPSA) is 93.2 Å². The number of ether oxygens (including phenoxy) is 1. The van der Waals surface area contributed by atoms with E-state index in [0.29, 0.717) is 19.7 Å². The van der Waals surface area contributed by atoms with Crippen LogP contribution in [0.2, 0.25) is 0 Å². The first-order valence-corrected chi connectivity index (χ1v) is 15.2. The zero-order valence-corrected chi connectivity index (χ0v) is 22.9. The van der Waals surface area contributed by atoms with E-state index < -0.39 is 9.84 Å². The lowest BCUT2D eigenvalue weighted by atomic mass is 10.1. The van der Waals surface area contributed by atoms with Crippen LogP contribution in [-0.4, -0.2) is 36.9 Å². The quantitative estimate of drug-likeness (QED) is 0.192. The average Bonchev–Trinajstić information content (AvgIpc) is 3.40. The minimum absolute atomic E-state index is 0.103. The minimum atomic E-state index is -2.98. The molecule has 0 radical (unpaired) electrons. The number of thiazole rings is 1. The van der Waals surface area contributed by atoms with E-state index in [1.165, 1.54) is 18.4 Å². The van der Waals surface area contributed by atoms with Gasteiger partial charge in [-0.1, -0.05) is 24.3 Å². The van der Waals surface area contributed by atoms with E-state index in [1.54, 1.807) is 29.7 Å². The van der Waals surface area contributed by atoms with E-state index >= 15 is 0 Å². The summed E-state index contributed by atoms with van der Waals surface area (Å²) < 4.78 is 41.4. The molecule has 10 heteroatoms. The van der Waals surface area contributed by atoms with Crippen molar-refractivity contribution in [3.8, 4) is 16.3 Å². The zero-order valence-electron chi connectivity index (χ0n) is 21.2. The van der Waals surface area contributed by atoms with Crippen molar-refractivity contribution in [1.29, 1.82) is 0 Å². The van der Waals surface area contributed by atoms with Gasteiger partial charge in [0.15, 0.2) is 0 Å². The van der Waals surface area contributed by atoms with Gasteiger partial charge < -0.3 is 15.4 Å². The van der Waals surface area contributed by atoms with Gasteiger partial charge in [-0.15, -0.1) is 11.3 Å². The second-order valence-corrected chi connectivity index (χ2v) is 12.2. The Hall–Kier alpha value is -3.86. The monoisotopic (exact) mass is 562 g/mol. The highest BCUT2D eigenvalue weighted by molar-refractivity contribution is 7.90. The number of sulfone groups is 1. The number of anilines is 2. The van der Waals surface area contributed by atoms with Gasteiger partial charge in [0.05, 0.1) is 17.0 Å². The fourth-order valence-electron chi connectivity index (χ4n) is 3.92. The second-order valence-electron chi connectivity index (χ2n) is 9.11. The fourth-order valence-corrected chi connectivity index (χ4v) is 5.25. The summed E-state index contributed by atoms with van der Waals surface area (Å²) in [4.78, 5) is 9.25. The van der Waals surface area contributed by atoms with Crippen molar-refractivity contribution >= 4 is 43.5 Å². The predicted molar refractivity (Wildman–Crippen MR) is 155 cm³/mol. The highest BCUT2D eigenvalue weighted by Crippen LogP contribution is 2.31. The van der Waals surface area contributed by atoms with Gasteiger partial charge in [0.1, 0.15) is 33.0 Å². The lowest BCUT2D eigenvalue weighted by molar-refractivity contribution is 0.306. The molecule has 0 aliphatic heterocycles. The van der Waals surface area contributed by atoms with Crippen molar-refractivity contribution in [3.63, 3.8) is 0 Å². The molecule has 7 nitrogen and oxygen atoms in total. The Morgan fingerprint density at radius 1 is 1.00 bits per heavy atom. The van der Waals surface area contributed by atoms with Gasteiger partial charge in [-0.25, -0.2) is 17.8 Å². The Balaban J connectivity index is 1.23. The first-order valence-electron chi connectivity index (χ1n) is 12.3. The number of hydrogen-bond acceptors (Lipinski definition) is 8. The fraction of sp³-hybridized carbons (Fsp3) is 0.172. The molecule has 0 spiro atoms. The molecule has 0 unspecified atom stereocenters. The van der Waals surface area contributed by atoms with E-state index in [4.69, 9.17) is 9.72 Å². The molecule has 39 heavy (non-hydrogen) atoms. The van der Waals surface area contributed by atoms with Crippen LogP contribution in [-0.2, 0) is 23.0 Å². The number of benzene rings is 3. The summed E-state index contributed by atoms with van der Waals surface area (Å²) in [6.45, 7) is 1.28. The highest BCUT2D eigenvalue weighted by atomic mass is 32.2. The summed E-state index contributed by atoms with van der Waals surface area (Å²) >= 11 is 1.54. The Kier molecular flexibility index (Phi) is 8.16. The number of halogens is 1. The molecule has 2 N–H and O–H groups in total. The Bertz CT molecular complexity index is 1670. The van der Waals surface area contributed by atoms with Crippen LogP contribution in [0, 0.1) is 5.82 Å². The lowest BCUT2D eigenvalue weighted by Crippen LogP contribution is -2.22. The number of aromatic nitrogens is 2. The molecule has 0 amide bonds. The largest absolute Gasteiger partial charge is 0.489 e. The van der Waals surface area contributed by atoms with Crippen molar-refractivity contribution in [2.24, 2.45) is 0 Å². The summed E-state index contributed by atoms with van der Waals surface area (Å²) in [5, 5.41) is 10.4. The van der Waals surface area contributed by atoms with Gasteiger partial charge >= 0.3 is 0 Å². The molecule has 0 saturated heterocycles. The third kappa shape index (κ3) is 7.38. The number of pyridine rings is 1. The van der Waals surface area contributed by atoms with Crippen molar-refractivity contribution in [2.45, 2.75) is 13.2 Å². The Morgan fingerprint density at radius 3 is 2.56 bits per heavy atom. The maximum absolute atomic E-state index is 13.1. The molecule has 0 saturated carbocycles. The van der Waals surface area contributed by atoms with E-state index in [0.717, 1.165) is 49.9 Å². The molecule has 5 aromatic rings. The van der Waals surface area contributed by atoms with E-state index in [1.807, 2.05) is 53.9 Å². The predicted octanol–water partition coefficient (Wildman–Crippen LogP) is 5.95. The van der Waals surface area contributed by atoms with Gasteiger partial charge in [-0.2, -0.15) is 0 Å². The van der Waals surface area contributed by atoms with Crippen molar-refractivity contribution in [1.82, 2.24) is 15.3 Å². The number of fused-ring (bicyclic) bond motifs is 1. The van der Waals surface area contributed by atoms with Gasteiger partial charge in [0, 0.05) is 53.2 Å². The standard InChI is InChI=1S/C29H27FN4O3S2/c1-39(35,36)15-14-31-17-24-19-38-29(34-24)21-4-11-26-27(12-13-32-28(26)16-21)33-23-7-9-25(10-8-23)37-18-20-2-5-22(30)6-3-20/h2-13,16,19,31H,14-15,17-18H2,1H3,(H,32,33). The summed E-state index contributed by atoms with van der Waals surface area (Å²) in [7, 11) is -2.98. The smallest absolute Gasteiger partial charge is 0.148 e. The van der Waals surface area contributed by atoms with Gasteiger partial charge in [0.2, 0.25) is 0 Å². The Morgan fingerprint density at radius 2 is 1.79 bits per heavy atom. The number of rotatable bonds is 11. The number of nitrogens with zero attached hydrogens (tertiary/aromatic N) is 2. The summed E-state index contributed by atoms with van der Waals surface area (Å²) in [5.74, 6) is 0.564. The lowest BCUT2D eigenvalue weighted by Gasteiger charge is -2.11. The number of nitrogens with one attached hydrogen (secondary N) is 2. The van der Waals surface area contributed by atoms with Crippen LogP contribution >= 0.6 is 11.3 Å². The van der Waals surface area contributed by atoms with Crippen molar-refractivity contribution in [2.75, 3.05) is 23.9 Å². The second kappa shape index (κ2) is 11.9. The molecular weight excluding hydrogens is 535 g/mol. The van der Waals surface area contributed by atoms with Crippen LogP contribution in [0.15, 0.2) is 84.4 Å². The first-order chi connectivity index (χ1) is 18.8. The molecule has 2 aromatic heterocycles. The minimum Gasteiger partial charge on any atom is -0.489 e. The third-order valence-corrected chi connectivity index (χ3v) is 7.84. The van der Waals surface area contributed by atoms with E-state index in [9.17, 15) is 12.8 Å². The zero-order chi connectivity index (χ0) is 27.2. The number of hydrogen-bond donors (Lipinski definition) is 2. The van der Waals surface area contributed by atoms with Crippen LogP contribution < -0.4 is 15.4 Å². The molecule has 0 aliphatic rings. The van der Waals surface area contributed by atoms with Crippen LogP contribution in [0.4, 0.5) is 15.8 Å². The molecular formula is C29H27FN4O3S2. The molecule has 200 valence electrons. The van der Waals surface area contributed by atoms with E-state index in [-0.39, 0.29) is 11.6 Å². The molecule has 2 heterocycles. The molecule has 3 aromatic carbocycles. The van der Waals surface area contributed by atoms with Crippen LogP contribution in [0.3, 0.4) is 0 Å². The van der Waals surface area contributed by atoms with Gasteiger partial charge in [-0.05, 0) is 54.1 Å². The average molecular weight is 563 g/mol. The van der Waals surface area contributed by atoms with Crippen LogP contribution in [0.5, 0.6) is 5.75 Å². The maximum Gasteiger partial charge on any atom is 0.148 e. The molecule has 0 bridgehead atoms. The first kappa shape index (κ1) is 26.7. The van der Waals surface area contributed by atoms with Crippen LogP contribution in [0.25, 0.3) is 21.5 Å².